The number of rotatable bonds is 2. The highest BCUT2D eigenvalue weighted by molar-refractivity contribution is 7.16. The summed E-state index contributed by atoms with van der Waals surface area (Å²) in [6.45, 7) is 0. The first-order valence-corrected chi connectivity index (χ1v) is 4.80. The summed E-state index contributed by atoms with van der Waals surface area (Å²) in [5.41, 5.74) is 5.48. The molecular formula is C8H6N6S. The lowest BCUT2D eigenvalue weighted by molar-refractivity contribution is 1.17. The molecule has 2 rings (SSSR count). The zero-order chi connectivity index (χ0) is 10.7. The third kappa shape index (κ3) is 2.18. The molecule has 0 spiro atoms. The maximum absolute atomic E-state index is 8.61. The topological polar surface area (TPSA) is 101 Å². The van der Waals surface area contributed by atoms with E-state index in [2.05, 4.69) is 20.3 Å². The molecule has 0 aromatic carbocycles. The Bertz CT molecular complexity index is 514. The van der Waals surface area contributed by atoms with Gasteiger partial charge in [-0.25, -0.2) is 15.0 Å². The summed E-state index contributed by atoms with van der Waals surface area (Å²) in [7, 11) is 0. The highest BCUT2D eigenvalue weighted by Crippen LogP contribution is 2.20. The molecule has 0 amide bonds. The maximum atomic E-state index is 8.61. The van der Waals surface area contributed by atoms with Crippen molar-refractivity contribution in [2.75, 3.05) is 11.1 Å². The average molecular weight is 218 g/mol. The van der Waals surface area contributed by atoms with E-state index in [1.807, 2.05) is 6.07 Å². The van der Waals surface area contributed by atoms with Crippen molar-refractivity contribution < 1.29 is 0 Å². The van der Waals surface area contributed by atoms with Crippen molar-refractivity contribution in [2.45, 2.75) is 0 Å². The van der Waals surface area contributed by atoms with Gasteiger partial charge in [0.15, 0.2) is 5.13 Å². The standard InChI is InChI=1S/C8H6N6S/c9-2-5-3-11-8(15-5)14-7-1-6(10)12-4-13-7/h1,3-4H,(H3,10,11,12,13,14). The number of aromatic nitrogens is 3. The van der Waals surface area contributed by atoms with Crippen LogP contribution in [0.4, 0.5) is 16.8 Å². The molecule has 0 bridgehead atoms. The first-order valence-electron chi connectivity index (χ1n) is 3.98. The van der Waals surface area contributed by atoms with Crippen molar-refractivity contribution in [3.63, 3.8) is 0 Å². The molecule has 0 radical (unpaired) electrons. The van der Waals surface area contributed by atoms with Gasteiger partial charge in [-0.15, -0.1) is 0 Å². The van der Waals surface area contributed by atoms with Crippen LogP contribution < -0.4 is 11.1 Å². The number of anilines is 3. The van der Waals surface area contributed by atoms with Gasteiger partial charge in [0.05, 0.1) is 6.20 Å². The Kier molecular flexibility index (Phi) is 2.43. The summed E-state index contributed by atoms with van der Waals surface area (Å²) >= 11 is 1.25. The summed E-state index contributed by atoms with van der Waals surface area (Å²) in [6.07, 6.45) is 2.86. The van der Waals surface area contributed by atoms with Crippen LogP contribution in [0.1, 0.15) is 4.88 Å². The summed E-state index contributed by atoms with van der Waals surface area (Å²) in [6, 6.07) is 3.59. The van der Waals surface area contributed by atoms with Gasteiger partial charge in [0.25, 0.3) is 0 Å². The van der Waals surface area contributed by atoms with E-state index in [9.17, 15) is 0 Å². The van der Waals surface area contributed by atoms with Crippen molar-refractivity contribution in [3.05, 3.63) is 23.5 Å². The van der Waals surface area contributed by atoms with Crippen LogP contribution in [-0.2, 0) is 0 Å². The Morgan fingerprint density at radius 1 is 1.40 bits per heavy atom. The van der Waals surface area contributed by atoms with Gasteiger partial charge in [-0.2, -0.15) is 5.26 Å². The minimum absolute atomic E-state index is 0.379. The first kappa shape index (κ1) is 9.36. The number of nitrogens with two attached hydrogens (primary N) is 1. The Hall–Kier alpha value is -2.20. The lowest BCUT2D eigenvalue weighted by Gasteiger charge is -2.00. The molecule has 0 unspecified atom stereocenters. The fourth-order valence-electron chi connectivity index (χ4n) is 0.934. The van der Waals surface area contributed by atoms with Gasteiger partial charge >= 0.3 is 0 Å². The van der Waals surface area contributed by atoms with Gasteiger partial charge in [-0.3, -0.25) is 0 Å². The van der Waals surface area contributed by atoms with Crippen molar-refractivity contribution >= 4 is 28.1 Å². The number of nitrogens with zero attached hydrogens (tertiary/aromatic N) is 4. The van der Waals surface area contributed by atoms with Crippen LogP contribution >= 0.6 is 11.3 Å². The molecule has 3 N–H and O–H groups in total. The molecule has 74 valence electrons. The molecule has 15 heavy (non-hydrogen) atoms. The lowest BCUT2D eigenvalue weighted by Crippen LogP contribution is -1.96. The molecule has 0 saturated heterocycles. The molecule has 0 aliphatic heterocycles. The SMILES string of the molecule is N#Cc1cnc(Nc2cc(N)ncn2)s1. The van der Waals surface area contributed by atoms with Gasteiger partial charge in [-0.05, 0) is 0 Å². The van der Waals surface area contributed by atoms with Crippen LogP contribution in [0.25, 0.3) is 0 Å². The fraction of sp³-hybridized carbons (Fsp3) is 0. The number of nitriles is 1. The van der Waals surface area contributed by atoms with E-state index in [0.717, 1.165) is 0 Å². The van der Waals surface area contributed by atoms with E-state index < -0.39 is 0 Å². The molecule has 0 saturated carbocycles. The van der Waals surface area contributed by atoms with Crippen LogP contribution in [0.3, 0.4) is 0 Å². The largest absolute Gasteiger partial charge is 0.384 e. The second-order valence-corrected chi connectivity index (χ2v) is 3.63. The van der Waals surface area contributed by atoms with E-state index in [-0.39, 0.29) is 0 Å². The van der Waals surface area contributed by atoms with Gasteiger partial charge < -0.3 is 11.1 Å². The highest BCUT2D eigenvalue weighted by atomic mass is 32.1. The van der Waals surface area contributed by atoms with Crippen LogP contribution in [-0.4, -0.2) is 15.0 Å². The number of nitrogen functional groups attached to an aromatic ring is 1. The Balaban J connectivity index is 2.19. The molecule has 6 nitrogen and oxygen atoms in total. The van der Waals surface area contributed by atoms with Crippen molar-refractivity contribution in [2.24, 2.45) is 0 Å². The smallest absolute Gasteiger partial charge is 0.189 e. The van der Waals surface area contributed by atoms with E-state index in [1.54, 1.807) is 6.07 Å². The second kappa shape index (κ2) is 3.89. The molecule has 2 heterocycles. The molecule has 2 aromatic rings. The summed E-state index contributed by atoms with van der Waals surface area (Å²) < 4.78 is 0. The van der Waals surface area contributed by atoms with Crippen LogP contribution in [0.15, 0.2) is 18.6 Å². The van der Waals surface area contributed by atoms with E-state index in [0.29, 0.717) is 21.6 Å². The number of nitrogens with one attached hydrogen (secondary N) is 1. The van der Waals surface area contributed by atoms with Crippen LogP contribution in [0.5, 0.6) is 0 Å². The first-order chi connectivity index (χ1) is 7.28. The minimum atomic E-state index is 0.379. The molecule has 0 fully saturated rings. The van der Waals surface area contributed by atoms with Crippen molar-refractivity contribution in [1.82, 2.24) is 15.0 Å². The molecule has 2 aromatic heterocycles. The van der Waals surface area contributed by atoms with Crippen LogP contribution in [0, 0.1) is 11.3 Å². The summed E-state index contributed by atoms with van der Waals surface area (Å²) in [4.78, 5) is 12.2. The van der Waals surface area contributed by atoms with Crippen LogP contribution in [0.2, 0.25) is 0 Å². The number of thiazole rings is 1. The van der Waals surface area contributed by atoms with Gasteiger partial charge in [-0.1, -0.05) is 11.3 Å². The fourth-order valence-corrected chi connectivity index (χ4v) is 1.55. The number of hydrogen-bond acceptors (Lipinski definition) is 7. The molecule has 7 heteroatoms. The normalized spacial score (nSPS) is 9.53. The van der Waals surface area contributed by atoms with Crippen molar-refractivity contribution in [3.8, 4) is 6.07 Å². The van der Waals surface area contributed by atoms with E-state index in [1.165, 1.54) is 23.9 Å². The second-order valence-electron chi connectivity index (χ2n) is 2.59. The quantitative estimate of drug-likeness (QED) is 0.783. The van der Waals surface area contributed by atoms with E-state index >= 15 is 0 Å². The minimum Gasteiger partial charge on any atom is -0.384 e. The predicted octanol–water partition coefficient (Wildman–Crippen LogP) is 1.13. The monoisotopic (exact) mass is 218 g/mol. The average Bonchev–Trinajstić information content (AvgIpc) is 2.65. The highest BCUT2D eigenvalue weighted by Gasteiger charge is 2.02. The van der Waals surface area contributed by atoms with Gasteiger partial charge in [0, 0.05) is 6.07 Å². The molecule has 0 atom stereocenters. The Morgan fingerprint density at radius 3 is 2.93 bits per heavy atom. The molecular weight excluding hydrogens is 212 g/mol. The zero-order valence-corrected chi connectivity index (χ0v) is 8.32. The summed E-state index contributed by atoms with van der Waals surface area (Å²) in [5, 5.41) is 12.1. The Labute approximate surface area is 89.4 Å². The van der Waals surface area contributed by atoms with E-state index in [4.69, 9.17) is 11.0 Å². The third-order valence-corrected chi connectivity index (χ3v) is 2.36. The number of hydrogen-bond donors (Lipinski definition) is 2. The molecule has 0 aliphatic rings. The Morgan fingerprint density at radius 2 is 2.27 bits per heavy atom. The lowest BCUT2D eigenvalue weighted by atomic mass is 10.5. The van der Waals surface area contributed by atoms with Crippen molar-refractivity contribution in [1.29, 1.82) is 5.26 Å². The predicted molar refractivity (Wildman–Crippen MR) is 56.6 cm³/mol. The third-order valence-electron chi connectivity index (χ3n) is 1.54. The summed E-state index contributed by atoms with van der Waals surface area (Å²) in [5.74, 6) is 0.936. The molecule has 0 aliphatic carbocycles. The zero-order valence-electron chi connectivity index (χ0n) is 7.51. The van der Waals surface area contributed by atoms with Gasteiger partial charge in [0.2, 0.25) is 0 Å². The maximum Gasteiger partial charge on any atom is 0.189 e. The van der Waals surface area contributed by atoms with Gasteiger partial charge in [0.1, 0.15) is 28.9 Å².